The van der Waals surface area contributed by atoms with E-state index in [-0.39, 0.29) is 0 Å². The van der Waals surface area contributed by atoms with Crippen LogP contribution < -0.4 is 0 Å². The molecule has 0 atom stereocenters. The van der Waals surface area contributed by atoms with Gasteiger partial charge in [0.2, 0.25) is 0 Å². The fourth-order valence-electron chi connectivity index (χ4n) is 0.750. The standard InChI is InChI=1S/C7H15/c1-4-7(5-2)6-3/h4-6H2,1-3H3/i7+1. The summed E-state index contributed by atoms with van der Waals surface area (Å²) in [6.07, 6.45) is 3.81. The van der Waals surface area contributed by atoms with Crippen LogP contribution in [0.15, 0.2) is 0 Å². The van der Waals surface area contributed by atoms with Crippen LogP contribution >= 0.6 is 0 Å². The molecule has 0 aliphatic carbocycles. The molecule has 0 fully saturated rings. The third-order valence-electron chi connectivity index (χ3n) is 1.50. The summed E-state index contributed by atoms with van der Waals surface area (Å²) >= 11 is 0. The van der Waals surface area contributed by atoms with Gasteiger partial charge in [0.25, 0.3) is 0 Å². The van der Waals surface area contributed by atoms with Crippen molar-refractivity contribution >= 4 is 0 Å². The molecule has 0 rings (SSSR count). The SMILES string of the molecule is CC[13C](CC)CC. The van der Waals surface area contributed by atoms with E-state index in [2.05, 4.69) is 20.8 Å². The molecular weight excluding hydrogens is 85.1 g/mol. The van der Waals surface area contributed by atoms with Gasteiger partial charge in [0.1, 0.15) is 0 Å². The van der Waals surface area contributed by atoms with Crippen LogP contribution in [0.5, 0.6) is 0 Å². The fraction of sp³-hybridized carbons (Fsp3) is 0.857. The van der Waals surface area contributed by atoms with Gasteiger partial charge in [-0.1, -0.05) is 20.8 Å². The van der Waals surface area contributed by atoms with Crippen LogP contribution in [0.2, 0.25) is 0 Å². The second-order valence-electron chi connectivity index (χ2n) is 1.81. The first-order valence-corrected chi connectivity index (χ1v) is 3.18. The lowest BCUT2D eigenvalue weighted by Crippen LogP contribution is -1.88. The summed E-state index contributed by atoms with van der Waals surface area (Å²) in [5.74, 6) is 1.68. The van der Waals surface area contributed by atoms with Crippen LogP contribution in [0, 0.1) is 5.92 Å². The van der Waals surface area contributed by atoms with Crippen molar-refractivity contribution in [3.63, 3.8) is 0 Å². The average molecular weight is 100 g/mol. The Morgan fingerprint density at radius 3 is 1.14 bits per heavy atom. The molecule has 7 heavy (non-hydrogen) atoms. The molecule has 0 heteroatoms. The maximum Gasteiger partial charge on any atom is -0.0249 e. The normalized spacial score (nSPS) is 10.3. The first-order chi connectivity index (χ1) is 3.35. The molecule has 0 bridgehead atoms. The third kappa shape index (κ3) is 2.67. The van der Waals surface area contributed by atoms with Gasteiger partial charge >= 0.3 is 0 Å². The maximum absolute atomic E-state index is 2.22. The highest BCUT2D eigenvalue weighted by Gasteiger charge is 1.96. The van der Waals surface area contributed by atoms with Gasteiger partial charge in [0, 0.05) is 0 Å². The number of hydrogen-bond acceptors (Lipinski definition) is 0. The van der Waals surface area contributed by atoms with E-state index in [1.54, 1.807) is 5.92 Å². The lowest BCUT2D eigenvalue weighted by molar-refractivity contribution is 0.739. The molecule has 0 aromatic rings. The monoisotopic (exact) mass is 100 g/mol. The smallest absolute Gasteiger partial charge is 0.0249 e. The topological polar surface area (TPSA) is 0 Å². The summed E-state index contributed by atoms with van der Waals surface area (Å²) in [6, 6.07) is 0. The molecule has 0 nitrogen and oxygen atoms in total. The van der Waals surface area contributed by atoms with Gasteiger partial charge in [-0.2, -0.15) is 0 Å². The predicted molar refractivity (Wildman–Crippen MR) is 34.1 cm³/mol. The van der Waals surface area contributed by atoms with Gasteiger partial charge in [-0.3, -0.25) is 0 Å². The second kappa shape index (κ2) is 4.17. The Bertz CT molecular complexity index is 21.5. The largest absolute Gasteiger partial charge is 0.0648 e. The summed E-state index contributed by atoms with van der Waals surface area (Å²) in [6.45, 7) is 6.67. The number of rotatable bonds is 3. The molecule has 0 N–H and O–H groups in total. The van der Waals surface area contributed by atoms with Crippen LogP contribution in [-0.2, 0) is 0 Å². The van der Waals surface area contributed by atoms with Crippen molar-refractivity contribution in [1.82, 2.24) is 0 Å². The van der Waals surface area contributed by atoms with E-state index in [0.29, 0.717) is 0 Å². The van der Waals surface area contributed by atoms with Crippen molar-refractivity contribution in [2.75, 3.05) is 0 Å². The van der Waals surface area contributed by atoms with Crippen LogP contribution in [-0.4, -0.2) is 0 Å². The Morgan fingerprint density at radius 1 is 0.857 bits per heavy atom. The quantitative estimate of drug-likeness (QED) is 0.478. The molecule has 0 unspecified atom stereocenters. The fourth-order valence-corrected chi connectivity index (χ4v) is 0.750. The second-order valence-corrected chi connectivity index (χ2v) is 1.81. The van der Waals surface area contributed by atoms with Gasteiger partial charge < -0.3 is 0 Å². The highest BCUT2D eigenvalue weighted by Crippen LogP contribution is 2.12. The molecule has 43 valence electrons. The minimum Gasteiger partial charge on any atom is -0.0648 e. The highest BCUT2D eigenvalue weighted by molar-refractivity contribution is 4.83. The maximum atomic E-state index is 2.22. The lowest BCUT2D eigenvalue weighted by Gasteiger charge is -2.04. The Labute approximate surface area is 46.9 Å². The zero-order chi connectivity index (χ0) is 5.70. The van der Waals surface area contributed by atoms with Gasteiger partial charge in [-0.25, -0.2) is 0 Å². The van der Waals surface area contributed by atoms with Crippen molar-refractivity contribution in [1.29, 1.82) is 0 Å². The summed E-state index contributed by atoms with van der Waals surface area (Å²) in [5, 5.41) is 0. The summed E-state index contributed by atoms with van der Waals surface area (Å²) in [4.78, 5) is 0. The molecule has 0 saturated heterocycles. The predicted octanol–water partition coefficient (Wildman–Crippen LogP) is 2.79. The van der Waals surface area contributed by atoms with Crippen LogP contribution in [0.4, 0.5) is 0 Å². The van der Waals surface area contributed by atoms with E-state index >= 15 is 0 Å². The summed E-state index contributed by atoms with van der Waals surface area (Å²) in [7, 11) is 0. The molecule has 0 aromatic carbocycles. The van der Waals surface area contributed by atoms with E-state index in [1.807, 2.05) is 0 Å². The molecule has 0 amide bonds. The Morgan fingerprint density at radius 2 is 1.14 bits per heavy atom. The zero-order valence-electron chi connectivity index (χ0n) is 5.62. The molecule has 0 heterocycles. The van der Waals surface area contributed by atoms with E-state index in [0.717, 1.165) is 0 Å². The van der Waals surface area contributed by atoms with E-state index in [1.165, 1.54) is 19.3 Å². The Hall–Kier alpha value is 0. The van der Waals surface area contributed by atoms with E-state index in [4.69, 9.17) is 0 Å². The van der Waals surface area contributed by atoms with Crippen molar-refractivity contribution in [3.8, 4) is 0 Å². The zero-order valence-corrected chi connectivity index (χ0v) is 5.62. The third-order valence-corrected chi connectivity index (χ3v) is 1.50. The first kappa shape index (κ1) is 7.00. The van der Waals surface area contributed by atoms with Gasteiger partial charge in [-0.15, -0.1) is 0 Å². The minimum absolute atomic E-state index is 1.27. The van der Waals surface area contributed by atoms with Crippen LogP contribution in [0.3, 0.4) is 0 Å². The molecule has 0 aliphatic rings. The van der Waals surface area contributed by atoms with Crippen molar-refractivity contribution in [3.05, 3.63) is 5.92 Å². The average Bonchev–Trinajstić information content (AvgIpc) is 1.72. The molecule has 0 aliphatic heterocycles. The van der Waals surface area contributed by atoms with Crippen molar-refractivity contribution in [2.45, 2.75) is 40.0 Å². The molecule has 0 saturated carbocycles. The van der Waals surface area contributed by atoms with Crippen molar-refractivity contribution in [2.24, 2.45) is 0 Å². The molecule has 1 radical (unpaired) electrons. The molecule has 0 aromatic heterocycles. The van der Waals surface area contributed by atoms with Gasteiger partial charge in [-0.05, 0) is 25.2 Å². The van der Waals surface area contributed by atoms with Crippen LogP contribution in [0.25, 0.3) is 0 Å². The lowest BCUT2D eigenvalue weighted by atomic mass is 10.3. The van der Waals surface area contributed by atoms with Gasteiger partial charge in [0.05, 0.1) is 0 Å². The van der Waals surface area contributed by atoms with Crippen molar-refractivity contribution < 1.29 is 0 Å². The summed E-state index contributed by atoms with van der Waals surface area (Å²) < 4.78 is 0. The van der Waals surface area contributed by atoms with Gasteiger partial charge in [0.15, 0.2) is 0 Å². The number of hydrogen-bond donors (Lipinski definition) is 0. The summed E-state index contributed by atoms with van der Waals surface area (Å²) in [5.41, 5.74) is 0. The first-order valence-electron chi connectivity index (χ1n) is 3.18. The van der Waals surface area contributed by atoms with E-state index < -0.39 is 0 Å². The Balaban J connectivity index is 2.99. The van der Waals surface area contributed by atoms with E-state index in [9.17, 15) is 0 Å². The molecule has 0 spiro atoms. The Kier molecular flexibility index (Phi) is 4.17. The molecular formula is C7H15. The minimum atomic E-state index is 1.27. The van der Waals surface area contributed by atoms with Crippen LogP contribution in [0.1, 0.15) is 40.0 Å². The highest BCUT2D eigenvalue weighted by atomic mass is 14.5.